The SMILES string of the molecule is COCc1cccc(NC(=O)c2cc(Cl)cc(Br)c2)c1. The van der Waals surface area contributed by atoms with Gasteiger partial charge in [0.1, 0.15) is 0 Å². The lowest BCUT2D eigenvalue weighted by molar-refractivity contribution is 0.102. The lowest BCUT2D eigenvalue weighted by Crippen LogP contribution is -2.12. The molecular weight excluding hydrogens is 342 g/mol. The zero-order valence-corrected chi connectivity index (χ0v) is 13.2. The van der Waals surface area contributed by atoms with E-state index in [1.807, 2.05) is 24.3 Å². The fourth-order valence-corrected chi connectivity index (χ4v) is 2.65. The van der Waals surface area contributed by atoms with Gasteiger partial charge in [0.25, 0.3) is 5.91 Å². The Morgan fingerprint density at radius 3 is 2.80 bits per heavy atom. The lowest BCUT2D eigenvalue weighted by Gasteiger charge is -2.08. The molecule has 0 saturated heterocycles. The van der Waals surface area contributed by atoms with Gasteiger partial charge in [-0.25, -0.2) is 0 Å². The minimum Gasteiger partial charge on any atom is -0.380 e. The van der Waals surface area contributed by atoms with Crippen molar-refractivity contribution in [3.8, 4) is 0 Å². The molecule has 1 N–H and O–H groups in total. The molecule has 0 spiro atoms. The maximum atomic E-state index is 12.2. The molecule has 2 aromatic carbocycles. The van der Waals surface area contributed by atoms with Gasteiger partial charge >= 0.3 is 0 Å². The van der Waals surface area contributed by atoms with Gasteiger partial charge in [-0.1, -0.05) is 39.7 Å². The van der Waals surface area contributed by atoms with Crippen molar-refractivity contribution in [2.45, 2.75) is 6.61 Å². The first-order valence-corrected chi connectivity index (χ1v) is 7.11. The van der Waals surface area contributed by atoms with Gasteiger partial charge in [0, 0.05) is 27.9 Å². The van der Waals surface area contributed by atoms with Gasteiger partial charge in [-0.2, -0.15) is 0 Å². The molecule has 0 heterocycles. The van der Waals surface area contributed by atoms with Crippen LogP contribution in [0.3, 0.4) is 0 Å². The van der Waals surface area contributed by atoms with E-state index in [4.69, 9.17) is 16.3 Å². The summed E-state index contributed by atoms with van der Waals surface area (Å²) in [5, 5.41) is 3.35. The van der Waals surface area contributed by atoms with Crippen molar-refractivity contribution in [1.82, 2.24) is 0 Å². The molecule has 104 valence electrons. The van der Waals surface area contributed by atoms with Gasteiger partial charge in [0.2, 0.25) is 0 Å². The standard InChI is InChI=1S/C15H13BrClNO2/c1-20-9-10-3-2-4-14(5-10)18-15(19)11-6-12(16)8-13(17)7-11/h2-8H,9H2,1H3,(H,18,19). The normalized spacial score (nSPS) is 10.3. The Kier molecular flexibility index (Phi) is 5.17. The Balaban J connectivity index is 2.16. The minimum atomic E-state index is -0.206. The van der Waals surface area contributed by atoms with E-state index in [2.05, 4.69) is 21.2 Å². The van der Waals surface area contributed by atoms with Gasteiger partial charge < -0.3 is 10.1 Å². The summed E-state index contributed by atoms with van der Waals surface area (Å²) in [7, 11) is 1.63. The van der Waals surface area contributed by atoms with E-state index < -0.39 is 0 Å². The Bertz CT molecular complexity index is 611. The van der Waals surface area contributed by atoms with Crippen molar-refractivity contribution in [1.29, 1.82) is 0 Å². The molecule has 0 unspecified atom stereocenters. The van der Waals surface area contributed by atoms with Gasteiger partial charge in [-0.05, 0) is 35.9 Å². The predicted molar refractivity (Wildman–Crippen MR) is 84.3 cm³/mol. The number of benzene rings is 2. The van der Waals surface area contributed by atoms with Crippen molar-refractivity contribution in [2.75, 3.05) is 12.4 Å². The fourth-order valence-electron chi connectivity index (χ4n) is 1.79. The lowest BCUT2D eigenvalue weighted by atomic mass is 10.2. The molecule has 0 atom stereocenters. The molecule has 20 heavy (non-hydrogen) atoms. The quantitative estimate of drug-likeness (QED) is 0.878. The molecule has 1 amide bonds. The number of amides is 1. The number of anilines is 1. The second-order valence-electron chi connectivity index (χ2n) is 4.25. The van der Waals surface area contributed by atoms with Crippen LogP contribution in [0.5, 0.6) is 0 Å². The van der Waals surface area contributed by atoms with Gasteiger partial charge in [-0.15, -0.1) is 0 Å². The third-order valence-corrected chi connectivity index (χ3v) is 3.30. The third-order valence-electron chi connectivity index (χ3n) is 2.62. The van der Waals surface area contributed by atoms with E-state index in [9.17, 15) is 4.79 Å². The zero-order valence-electron chi connectivity index (χ0n) is 10.8. The van der Waals surface area contributed by atoms with Gasteiger partial charge in [-0.3, -0.25) is 4.79 Å². The number of nitrogens with one attached hydrogen (secondary N) is 1. The van der Waals surface area contributed by atoms with Gasteiger partial charge in [0.05, 0.1) is 6.61 Å². The smallest absolute Gasteiger partial charge is 0.255 e. The van der Waals surface area contributed by atoms with Crippen LogP contribution < -0.4 is 5.32 Å². The summed E-state index contributed by atoms with van der Waals surface area (Å²) in [5.74, 6) is -0.206. The van der Waals surface area contributed by atoms with Crippen molar-refractivity contribution < 1.29 is 9.53 Å². The molecule has 0 aromatic heterocycles. The summed E-state index contributed by atoms with van der Waals surface area (Å²) < 4.78 is 5.83. The van der Waals surface area contributed by atoms with Gasteiger partial charge in [0.15, 0.2) is 0 Å². The molecule has 2 aromatic rings. The van der Waals surface area contributed by atoms with E-state index in [1.54, 1.807) is 25.3 Å². The summed E-state index contributed by atoms with van der Waals surface area (Å²) in [4.78, 5) is 12.2. The largest absolute Gasteiger partial charge is 0.380 e. The summed E-state index contributed by atoms with van der Waals surface area (Å²) in [5.41, 5.74) is 2.22. The van der Waals surface area contributed by atoms with Crippen molar-refractivity contribution in [3.63, 3.8) is 0 Å². The van der Waals surface area contributed by atoms with E-state index >= 15 is 0 Å². The van der Waals surface area contributed by atoms with E-state index in [-0.39, 0.29) is 5.91 Å². The van der Waals surface area contributed by atoms with Crippen molar-refractivity contribution in [3.05, 3.63) is 63.1 Å². The third kappa shape index (κ3) is 4.07. The van der Waals surface area contributed by atoms with Crippen LogP contribution in [0, 0.1) is 0 Å². The molecule has 3 nitrogen and oxygen atoms in total. The first-order valence-electron chi connectivity index (χ1n) is 5.94. The van der Waals surface area contributed by atoms with E-state index in [1.165, 1.54) is 0 Å². The average Bonchev–Trinajstić information content (AvgIpc) is 2.38. The number of hydrogen-bond donors (Lipinski definition) is 1. The van der Waals surface area contributed by atoms with E-state index in [0.29, 0.717) is 17.2 Å². The second-order valence-corrected chi connectivity index (χ2v) is 5.60. The maximum absolute atomic E-state index is 12.2. The molecule has 5 heteroatoms. The first-order chi connectivity index (χ1) is 9.58. The monoisotopic (exact) mass is 353 g/mol. The number of carbonyl (C=O) groups is 1. The Morgan fingerprint density at radius 2 is 2.10 bits per heavy atom. The highest BCUT2D eigenvalue weighted by atomic mass is 79.9. The van der Waals surface area contributed by atoms with Crippen LogP contribution in [-0.2, 0) is 11.3 Å². The van der Waals surface area contributed by atoms with Crippen LogP contribution in [0.2, 0.25) is 5.02 Å². The van der Waals surface area contributed by atoms with Crippen LogP contribution in [0.25, 0.3) is 0 Å². The highest BCUT2D eigenvalue weighted by Crippen LogP contribution is 2.21. The summed E-state index contributed by atoms with van der Waals surface area (Å²) in [6, 6.07) is 12.6. The average molecular weight is 355 g/mol. The van der Waals surface area contributed by atoms with Crippen molar-refractivity contribution in [2.24, 2.45) is 0 Å². The van der Waals surface area contributed by atoms with E-state index in [0.717, 1.165) is 15.7 Å². The molecular formula is C15H13BrClNO2. The molecule has 0 bridgehead atoms. The molecule has 0 radical (unpaired) electrons. The molecule has 2 rings (SSSR count). The second kappa shape index (κ2) is 6.88. The fraction of sp³-hybridized carbons (Fsp3) is 0.133. The molecule has 0 fully saturated rings. The highest BCUT2D eigenvalue weighted by Gasteiger charge is 2.08. The van der Waals surface area contributed by atoms with Crippen LogP contribution >= 0.6 is 27.5 Å². The predicted octanol–water partition coefficient (Wildman–Crippen LogP) is 4.50. The maximum Gasteiger partial charge on any atom is 0.255 e. The molecule has 0 aliphatic carbocycles. The highest BCUT2D eigenvalue weighted by molar-refractivity contribution is 9.10. The minimum absolute atomic E-state index is 0.206. The Hall–Kier alpha value is -1.36. The number of rotatable bonds is 4. The van der Waals surface area contributed by atoms with Crippen LogP contribution in [0.15, 0.2) is 46.9 Å². The van der Waals surface area contributed by atoms with Crippen LogP contribution in [0.1, 0.15) is 15.9 Å². The van der Waals surface area contributed by atoms with Crippen molar-refractivity contribution >= 4 is 39.1 Å². The Labute approximate surface area is 131 Å². The zero-order chi connectivity index (χ0) is 14.5. The number of ether oxygens (including phenoxy) is 1. The number of methoxy groups -OCH3 is 1. The van der Waals surface area contributed by atoms with Crippen LogP contribution in [0.4, 0.5) is 5.69 Å². The topological polar surface area (TPSA) is 38.3 Å². The molecule has 0 aliphatic rings. The summed E-state index contributed by atoms with van der Waals surface area (Å²) in [6.45, 7) is 0.506. The number of hydrogen-bond acceptors (Lipinski definition) is 2. The number of halogens is 2. The number of carbonyl (C=O) groups excluding carboxylic acids is 1. The Morgan fingerprint density at radius 1 is 1.30 bits per heavy atom. The first kappa shape index (κ1) is 15.0. The summed E-state index contributed by atoms with van der Waals surface area (Å²) >= 11 is 9.26. The summed E-state index contributed by atoms with van der Waals surface area (Å²) in [6.07, 6.45) is 0. The molecule has 0 aliphatic heterocycles. The molecule has 0 saturated carbocycles. The van der Waals surface area contributed by atoms with Crippen LogP contribution in [-0.4, -0.2) is 13.0 Å².